The zero-order valence-electron chi connectivity index (χ0n) is 18.3. The first kappa shape index (κ1) is 21.3. The summed E-state index contributed by atoms with van der Waals surface area (Å²) in [6.07, 6.45) is 5.21. The Labute approximate surface area is 188 Å². The van der Waals surface area contributed by atoms with Crippen molar-refractivity contribution in [2.45, 2.75) is 19.9 Å². The zero-order chi connectivity index (χ0) is 22.3. The van der Waals surface area contributed by atoms with E-state index in [1.807, 2.05) is 72.8 Å². The number of hydrogen-bond donors (Lipinski definition) is 2. The van der Waals surface area contributed by atoms with Gasteiger partial charge in [0.2, 0.25) is 0 Å². The third-order valence-corrected chi connectivity index (χ3v) is 5.33. The Morgan fingerprint density at radius 3 is 2.34 bits per heavy atom. The predicted octanol–water partition coefficient (Wildman–Crippen LogP) is 4.80. The lowest BCUT2D eigenvalue weighted by Gasteiger charge is -2.24. The predicted molar refractivity (Wildman–Crippen MR) is 128 cm³/mol. The van der Waals surface area contributed by atoms with Crippen molar-refractivity contribution in [1.82, 2.24) is 20.1 Å². The van der Waals surface area contributed by atoms with E-state index in [2.05, 4.69) is 29.5 Å². The van der Waals surface area contributed by atoms with Crippen molar-refractivity contribution in [3.63, 3.8) is 0 Å². The SMILES string of the molecule is CC(C)[C@H](CNC(=O)c1cn(-c2ccccc2)nc1-c1cccnc1)Nc1ccccc1. The number of anilines is 1. The molecule has 0 saturated heterocycles. The molecule has 2 aromatic carbocycles. The zero-order valence-corrected chi connectivity index (χ0v) is 18.3. The van der Waals surface area contributed by atoms with Gasteiger partial charge in [-0.2, -0.15) is 5.10 Å². The van der Waals surface area contributed by atoms with Gasteiger partial charge in [-0.3, -0.25) is 9.78 Å². The minimum Gasteiger partial charge on any atom is -0.380 e. The molecule has 0 radical (unpaired) electrons. The number of aromatic nitrogens is 3. The number of carbonyl (C=O) groups is 1. The molecule has 6 nitrogen and oxygen atoms in total. The lowest BCUT2D eigenvalue weighted by atomic mass is 10.0. The molecule has 4 aromatic rings. The van der Waals surface area contributed by atoms with E-state index >= 15 is 0 Å². The van der Waals surface area contributed by atoms with E-state index in [1.165, 1.54) is 0 Å². The number of rotatable bonds is 8. The van der Waals surface area contributed by atoms with E-state index in [0.717, 1.165) is 16.9 Å². The first-order valence-corrected chi connectivity index (χ1v) is 10.8. The summed E-state index contributed by atoms with van der Waals surface area (Å²) in [6, 6.07) is 23.7. The van der Waals surface area contributed by atoms with E-state index in [4.69, 9.17) is 5.10 Å². The maximum absolute atomic E-state index is 13.3. The summed E-state index contributed by atoms with van der Waals surface area (Å²) in [4.78, 5) is 17.4. The molecule has 1 atom stereocenters. The van der Waals surface area contributed by atoms with Crippen LogP contribution in [-0.2, 0) is 0 Å². The third-order valence-electron chi connectivity index (χ3n) is 5.33. The second-order valence-corrected chi connectivity index (χ2v) is 7.98. The maximum atomic E-state index is 13.3. The summed E-state index contributed by atoms with van der Waals surface area (Å²) in [7, 11) is 0. The summed E-state index contributed by atoms with van der Waals surface area (Å²) in [6.45, 7) is 4.77. The lowest BCUT2D eigenvalue weighted by Crippen LogP contribution is -2.39. The van der Waals surface area contributed by atoms with Gasteiger partial charge in [0.15, 0.2) is 0 Å². The molecule has 0 aliphatic rings. The highest BCUT2D eigenvalue weighted by molar-refractivity contribution is 5.99. The number of pyridine rings is 1. The molecule has 0 unspecified atom stereocenters. The van der Waals surface area contributed by atoms with Crippen LogP contribution >= 0.6 is 0 Å². The van der Waals surface area contributed by atoms with Crippen molar-refractivity contribution in [2.75, 3.05) is 11.9 Å². The molecule has 162 valence electrons. The summed E-state index contributed by atoms with van der Waals surface area (Å²) in [5, 5.41) is 11.3. The molecule has 0 saturated carbocycles. The molecule has 0 aliphatic heterocycles. The van der Waals surface area contributed by atoms with Crippen molar-refractivity contribution < 1.29 is 4.79 Å². The van der Waals surface area contributed by atoms with E-state index in [1.54, 1.807) is 23.3 Å². The Bertz CT molecular complexity index is 1140. The molecular formula is C26H27N5O. The molecule has 2 heterocycles. The van der Waals surface area contributed by atoms with Gasteiger partial charge in [0, 0.05) is 42.4 Å². The van der Waals surface area contributed by atoms with Gasteiger partial charge in [0.1, 0.15) is 5.69 Å². The summed E-state index contributed by atoms with van der Waals surface area (Å²) >= 11 is 0. The van der Waals surface area contributed by atoms with Gasteiger partial charge < -0.3 is 10.6 Å². The van der Waals surface area contributed by atoms with Gasteiger partial charge in [-0.15, -0.1) is 0 Å². The quantitative estimate of drug-likeness (QED) is 0.425. The molecule has 32 heavy (non-hydrogen) atoms. The molecule has 6 heteroatoms. The minimum absolute atomic E-state index is 0.0901. The lowest BCUT2D eigenvalue weighted by molar-refractivity contribution is 0.0951. The molecule has 2 N–H and O–H groups in total. The van der Waals surface area contributed by atoms with Gasteiger partial charge in [0.05, 0.1) is 11.3 Å². The van der Waals surface area contributed by atoms with Gasteiger partial charge in [-0.05, 0) is 42.3 Å². The Morgan fingerprint density at radius 2 is 1.69 bits per heavy atom. The highest BCUT2D eigenvalue weighted by Gasteiger charge is 2.21. The van der Waals surface area contributed by atoms with Crippen LogP contribution in [0.4, 0.5) is 5.69 Å². The topological polar surface area (TPSA) is 71.8 Å². The van der Waals surface area contributed by atoms with Crippen LogP contribution in [0.3, 0.4) is 0 Å². The fourth-order valence-electron chi connectivity index (χ4n) is 3.47. The van der Waals surface area contributed by atoms with Crippen LogP contribution in [-0.4, -0.2) is 33.3 Å². The average Bonchev–Trinajstić information content (AvgIpc) is 3.29. The molecule has 0 aliphatic carbocycles. The number of nitrogens with one attached hydrogen (secondary N) is 2. The monoisotopic (exact) mass is 425 g/mol. The van der Waals surface area contributed by atoms with Crippen molar-refractivity contribution >= 4 is 11.6 Å². The molecule has 0 fully saturated rings. The van der Waals surface area contributed by atoms with Gasteiger partial charge in [-0.1, -0.05) is 50.2 Å². The molecular weight excluding hydrogens is 398 g/mol. The summed E-state index contributed by atoms with van der Waals surface area (Å²) < 4.78 is 1.74. The van der Waals surface area contributed by atoms with Crippen LogP contribution in [0.5, 0.6) is 0 Å². The number of para-hydroxylation sites is 2. The third kappa shape index (κ3) is 5.03. The summed E-state index contributed by atoms with van der Waals surface area (Å²) in [5.74, 6) is 0.173. The summed E-state index contributed by atoms with van der Waals surface area (Å²) in [5.41, 5.74) is 3.85. The van der Waals surface area contributed by atoms with Crippen LogP contribution in [0.15, 0.2) is 91.4 Å². The first-order chi connectivity index (χ1) is 15.6. The molecule has 4 rings (SSSR count). The number of carbonyl (C=O) groups excluding carboxylic acids is 1. The van der Waals surface area contributed by atoms with E-state index in [-0.39, 0.29) is 11.9 Å². The number of amides is 1. The van der Waals surface area contributed by atoms with Crippen molar-refractivity contribution in [3.05, 3.63) is 97.0 Å². The van der Waals surface area contributed by atoms with Crippen LogP contribution in [0.2, 0.25) is 0 Å². The highest BCUT2D eigenvalue weighted by Crippen LogP contribution is 2.23. The van der Waals surface area contributed by atoms with Crippen LogP contribution in [0.1, 0.15) is 24.2 Å². The normalized spacial score (nSPS) is 11.8. The highest BCUT2D eigenvalue weighted by atomic mass is 16.1. The Hall–Kier alpha value is -3.93. The first-order valence-electron chi connectivity index (χ1n) is 10.8. The number of benzene rings is 2. The Balaban J connectivity index is 1.57. The molecule has 0 bridgehead atoms. The molecule has 0 spiro atoms. The van der Waals surface area contributed by atoms with Crippen molar-refractivity contribution in [2.24, 2.45) is 5.92 Å². The fourth-order valence-corrected chi connectivity index (χ4v) is 3.47. The Kier molecular flexibility index (Phi) is 6.60. The van der Waals surface area contributed by atoms with Crippen LogP contribution < -0.4 is 10.6 Å². The second-order valence-electron chi connectivity index (χ2n) is 7.98. The van der Waals surface area contributed by atoms with E-state index in [0.29, 0.717) is 23.7 Å². The van der Waals surface area contributed by atoms with Gasteiger partial charge in [0.25, 0.3) is 5.91 Å². The standard InChI is InChI=1S/C26H27N5O/c1-19(2)24(29-21-11-5-3-6-12-21)17-28-26(32)23-18-31(22-13-7-4-8-14-22)30-25(23)20-10-9-15-27-16-20/h3-16,18-19,24,29H,17H2,1-2H3,(H,28,32)/t24-/m0/s1. The van der Waals surface area contributed by atoms with Crippen LogP contribution in [0, 0.1) is 5.92 Å². The fraction of sp³-hybridized carbons (Fsp3) is 0.192. The van der Waals surface area contributed by atoms with Crippen LogP contribution in [0.25, 0.3) is 16.9 Å². The molecule has 1 amide bonds. The van der Waals surface area contributed by atoms with E-state index in [9.17, 15) is 4.79 Å². The number of nitrogens with zero attached hydrogens (tertiary/aromatic N) is 3. The Morgan fingerprint density at radius 1 is 0.969 bits per heavy atom. The average molecular weight is 426 g/mol. The maximum Gasteiger partial charge on any atom is 0.255 e. The number of hydrogen-bond acceptors (Lipinski definition) is 4. The van der Waals surface area contributed by atoms with Gasteiger partial charge in [-0.25, -0.2) is 4.68 Å². The van der Waals surface area contributed by atoms with Crippen molar-refractivity contribution in [3.8, 4) is 16.9 Å². The van der Waals surface area contributed by atoms with Crippen molar-refractivity contribution in [1.29, 1.82) is 0 Å². The smallest absolute Gasteiger partial charge is 0.255 e. The molecule has 2 aromatic heterocycles. The van der Waals surface area contributed by atoms with Gasteiger partial charge >= 0.3 is 0 Å². The largest absolute Gasteiger partial charge is 0.380 e. The minimum atomic E-state index is -0.161. The second kappa shape index (κ2) is 9.92. The van der Waals surface area contributed by atoms with E-state index < -0.39 is 0 Å².